The van der Waals surface area contributed by atoms with Gasteiger partial charge in [0.2, 0.25) is 0 Å². The lowest BCUT2D eigenvalue weighted by Crippen LogP contribution is -2.14. The normalized spacial score (nSPS) is 13.4. The summed E-state index contributed by atoms with van der Waals surface area (Å²) in [5, 5.41) is 9.18. The molecule has 0 heterocycles. The molecular formula is C18H22BrNO2. The van der Waals surface area contributed by atoms with Crippen molar-refractivity contribution in [2.24, 2.45) is 11.3 Å². The second-order valence-electron chi connectivity index (χ2n) is 6.71. The topological polar surface area (TPSA) is 50.1 Å². The van der Waals surface area contributed by atoms with Crippen molar-refractivity contribution in [3.63, 3.8) is 0 Å². The van der Waals surface area contributed by atoms with E-state index in [1.807, 2.05) is 19.1 Å². The summed E-state index contributed by atoms with van der Waals surface area (Å²) in [6, 6.07) is 9.34. The van der Waals surface area contributed by atoms with Crippen LogP contribution in [0.15, 0.2) is 35.0 Å². The molecule has 1 atom stereocenters. The van der Waals surface area contributed by atoms with Crippen molar-refractivity contribution in [3.05, 3.63) is 40.6 Å². The van der Waals surface area contributed by atoms with Gasteiger partial charge in [-0.05, 0) is 35.4 Å². The molecule has 0 aromatic heterocycles. The van der Waals surface area contributed by atoms with Gasteiger partial charge in [0, 0.05) is 10.9 Å². The molecule has 1 aromatic carbocycles. The van der Waals surface area contributed by atoms with E-state index in [1.54, 1.807) is 12.1 Å². The van der Waals surface area contributed by atoms with Crippen LogP contribution in [0.25, 0.3) is 5.57 Å². The highest BCUT2D eigenvalue weighted by molar-refractivity contribution is 9.10. The van der Waals surface area contributed by atoms with E-state index in [4.69, 9.17) is 4.74 Å². The minimum Gasteiger partial charge on any atom is -0.433 e. The predicted octanol–water partition coefficient (Wildman–Crippen LogP) is 5.32. The molecule has 3 nitrogen and oxygen atoms in total. The number of carbonyl (C=O) groups excluding carboxylic acids is 1. The van der Waals surface area contributed by atoms with Crippen LogP contribution in [-0.4, -0.2) is 5.97 Å². The summed E-state index contributed by atoms with van der Waals surface area (Å²) < 4.78 is 6.06. The Labute approximate surface area is 141 Å². The highest BCUT2D eigenvalue weighted by Crippen LogP contribution is 2.26. The minimum absolute atomic E-state index is 0.185. The van der Waals surface area contributed by atoms with Gasteiger partial charge < -0.3 is 4.74 Å². The summed E-state index contributed by atoms with van der Waals surface area (Å²) in [5.41, 5.74) is 1.25. The number of carbonyl (C=O) groups is 1. The highest BCUT2D eigenvalue weighted by Gasteiger charge is 2.18. The Balaban J connectivity index is 2.63. The second kappa shape index (κ2) is 8.14. The zero-order valence-electron chi connectivity index (χ0n) is 13.5. The first-order valence-corrected chi connectivity index (χ1v) is 8.06. The van der Waals surface area contributed by atoms with E-state index in [1.165, 1.54) is 6.26 Å². The lowest BCUT2D eigenvalue weighted by atomic mass is 9.84. The van der Waals surface area contributed by atoms with Crippen LogP contribution in [0.1, 0.15) is 46.1 Å². The third-order valence-corrected chi connectivity index (χ3v) is 3.59. The lowest BCUT2D eigenvalue weighted by molar-refractivity contribution is -0.139. The Morgan fingerprint density at radius 3 is 2.45 bits per heavy atom. The summed E-state index contributed by atoms with van der Waals surface area (Å²) in [4.78, 5) is 11.9. The molecule has 0 saturated heterocycles. The van der Waals surface area contributed by atoms with E-state index in [0.717, 1.165) is 16.5 Å². The summed E-state index contributed by atoms with van der Waals surface area (Å²) in [5.74, 6) is -0.0549. The van der Waals surface area contributed by atoms with Crippen molar-refractivity contribution in [2.75, 3.05) is 0 Å². The first-order chi connectivity index (χ1) is 10.2. The number of nitrogens with zero attached hydrogens (tertiary/aromatic N) is 1. The zero-order chi connectivity index (χ0) is 16.8. The fraction of sp³-hybridized carbons (Fsp3) is 0.444. The number of hydrogen-bond acceptors (Lipinski definition) is 3. The quantitative estimate of drug-likeness (QED) is 0.404. The number of allylic oxidation sites excluding steroid dienone is 1. The van der Waals surface area contributed by atoms with E-state index in [0.29, 0.717) is 12.0 Å². The first-order valence-electron chi connectivity index (χ1n) is 7.27. The Kier molecular flexibility index (Phi) is 6.83. The zero-order valence-corrected chi connectivity index (χ0v) is 15.1. The Morgan fingerprint density at radius 1 is 1.36 bits per heavy atom. The Hall–Kier alpha value is -1.60. The fourth-order valence-corrected chi connectivity index (χ4v) is 2.63. The molecule has 0 saturated carbocycles. The smallest absolute Gasteiger partial charge is 0.310 e. The van der Waals surface area contributed by atoms with Gasteiger partial charge in [-0.25, -0.2) is 0 Å². The van der Waals surface area contributed by atoms with Gasteiger partial charge in [0.25, 0.3) is 0 Å². The van der Waals surface area contributed by atoms with Crippen LogP contribution in [-0.2, 0) is 9.53 Å². The van der Waals surface area contributed by atoms with Crippen molar-refractivity contribution >= 4 is 27.5 Å². The summed E-state index contributed by atoms with van der Waals surface area (Å²) in [6.45, 7) is 8.48. The van der Waals surface area contributed by atoms with Crippen molar-refractivity contribution in [3.8, 4) is 6.07 Å². The van der Waals surface area contributed by atoms with Crippen LogP contribution >= 0.6 is 15.9 Å². The number of hydrogen-bond donors (Lipinski definition) is 0. The van der Waals surface area contributed by atoms with Crippen molar-refractivity contribution in [1.82, 2.24) is 0 Å². The van der Waals surface area contributed by atoms with E-state index >= 15 is 0 Å². The van der Waals surface area contributed by atoms with Gasteiger partial charge in [-0.3, -0.25) is 4.79 Å². The van der Waals surface area contributed by atoms with Crippen LogP contribution in [0.4, 0.5) is 0 Å². The van der Waals surface area contributed by atoms with Gasteiger partial charge in [0.15, 0.2) is 0 Å². The molecule has 0 spiro atoms. The summed E-state index contributed by atoms with van der Waals surface area (Å²) >= 11 is 3.34. The second-order valence-corrected chi connectivity index (χ2v) is 7.63. The largest absolute Gasteiger partial charge is 0.433 e. The molecule has 4 heteroatoms. The molecule has 0 aliphatic heterocycles. The molecule has 0 fully saturated rings. The van der Waals surface area contributed by atoms with Gasteiger partial charge in [-0.1, -0.05) is 55.8 Å². The highest BCUT2D eigenvalue weighted by atomic mass is 79.9. The van der Waals surface area contributed by atoms with Gasteiger partial charge in [-0.15, -0.1) is 0 Å². The third-order valence-electron chi connectivity index (χ3n) is 3.06. The Bertz CT molecular complexity index is 577. The maximum atomic E-state index is 11.9. The van der Waals surface area contributed by atoms with E-state index in [-0.39, 0.29) is 17.3 Å². The van der Waals surface area contributed by atoms with Gasteiger partial charge in [0.1, 0.15) is 12.3 Å². The van der Waals surface area contributed by atoms with Crippen molar-refractivity contribution in [2.45, 2.75) is 40.5 Å². The van der Waals surface area contributed by atoms with E-state index in [2.05, 4.69) is 42.8 Å². The lowest BCUT2D eigenvalue weighted by Gasteiger charge is -2.22. The molecule has 0 bridgehead atoms. The predicted molar refractivity (Wildman–Crippen MR) is 91.7 cm³/mol. The summed E-state index contributed by atoms with van der Waals surface area (Å²) in [7, 11) is 0. The monoisotopic (exact) mass is 363 g/mol. The third kappa shape index (κ3) is 6.91. The van der Waals surface area contributed by atoms with E-state index in [9.17, 15) is 10.1 Å². The fourth-order valence-electron chi connectivity index (χ4n) is 2.36. The standard InChI is InChI=1S/C18H22BrNO2/c1-13(10-18(2,3)4)9-17(21)22-12-15(11-20)14-5-7-16(19)8-6-14/h5-8,12-13H,9-10H2,1-4H3. The average molecular weight is 364 g/mol. The average Bonchev–Trinajstić information content (AvgIpc) is 2.39. The molecule has 1 rings (SSSR count). The molecular weight excluding hydrogens is 342 g/mol. The number of esters is 1. The summed E-state index contributed by atoms with van der Waals surface area (Å²) in [6.07, 6.45) is 2.55. The molecule has 22 heavy (non-hydrogen) atoms. The number of nitriles is 1. The van der Waals surface area contributed by atoms with Crippen LogP contribution in [0.3, 0.4) is 0 Å². The SMILES string of the molecule is CC(CC(=O)OC=C(C#N)c1ccc(Br)cc1)CC(C)(C)C. The minimum atomic E-state index is -0.304. The molecule has 1 aromatic rings. The van der Waals surface area contributed by atoms with E-state index < -0.39 is 0 Å². The molecule has 0 aliphatic carbocycles. The molecule has 0 aliphatic rings. The Morgan fingerprint density at radius 2 is 1.95 bits per heavy atom. The van der Waals surface area contributed by atoms with Crippen LogP contribution in [0.2, 0.25) is 0 Å². The number of halogens is 1. The molecule has 1 unspecified atom stereocenters. The van der Waals surface area contributed by atoms with Gasteiger partial charge in [0.05, 0.1) is 5.57 Å². The van der Waals surface area contributed by atoms with Crippen LogP contribution in [0.5, 0.6) is 0 Å². The van der Waals surface area contributed by atoms with Crippen molar-refractivity contribution < 1.29 is 9.53 Å². The molecule has 118 valence electrons. The van der Waals surface area contributed by atoms with Crippen LogP contribution < -0.4 is 0 Å². The van der Waals surface area contributed by atoms with Crippen LogP contribution in [0, 0.1) is 22.7 Å². The molecule has 0 N–H and O–H groups in total. The first kappa shape index (κ1) is 18.4. The number of rotatable bonds is 5. The maximum Gasteiger partial charge on any atom is 0.310 e. The number of benzene rings is 1. The molecule has 0 radical (unpaired) electrons. The number of ether oxygens (including phenoxy) is 1. The van der Waals surface area contributed by atoms with Crippen molar-refractivity contribution in [1.29, 1.82) is 5.26 Å². The van der Waals surface area contributed by atoms with Gasteiger partial charge >= 0.3 is 5.97 Å². The van der Waals surface area contributed by atoms with Gasteiger partial charge in [-0.2, -0.15) is 5.26 Å². The molecule has 0 amide bonds. The maximum absolute atomic E-state index is 11.9.